The first-order valence-corrected chi connectivity index (χ1v) is 6.40. The molecule has 3 heteroatoms. The van der Waals surface area contributed by atoms with E-state index in [-0.39, 0.29) is 5.91 Å². The molecule has 0 saturated heterocycles. The Labute approximate surface area is 108 Å². The molecule has 0 atom stereocenters. The van der Waals surface area contributed by atoms with Crippen LogP contribution in [0, 0.1) is 5.92 Å². The highest BCUT2D eigenvalue weighted by Crippen LogP contribution is 2.15. The second-order valence-corrected chi connectivity index (χ2v) is 5.19. The average Bonchev–Trinajstić information content (AvgIpc) is 2.81. The first kappa shape index (κ1) is 12.7. The molecule has 0 aliphatic rings. The second-order valence-electron chi connectivity index (χ2n) is 5.19. The zero-order chi connectivity index (χ0) is 13.1. The van der Waals surface area contributed by atoms with E-state index in [1.54, 1.807) is 4.90 Å². The van der Waals surface area contributed by atoms with Crippen molar-refractivity contribution in [1.82, 2.24) is 9.88 Å². The highest BCUT2D eigenvalue weighted by Gasteiger charge is 2.12. The minimum absolute atomic E-state index is 0.0900. The lowest BCUT2D eigenvalue weighted by molar-refractivity contribution is 0.0789. The molecule has 0 radical (unpaired) electrons. The van der Waals surface area contributed by atoms with Gasteiger partial charge in [0.2, 0.25) is 0 Å². The fraction of sp³-hybridized carbons (Fsp3) is 0.400. The maximum Gasteiger partial charge on any atom is 0.253 e. The van der Waals surface area contributed by atoms with Crippen molar-refractivity contribution >= 4 is 16.8 Å². The summed E-state index contributed by atoms with van der Waals surface area (Å²) >= 11 is 0. The summed E-state index contributed by atoms with van der Waals surface area (Å²) in [5, 5.41) is 1.14. The lowest BCUT2D eigenvalue weighted by Gasteiger charge is -2.18. The summed E-state index contributed by atoms with van der Waals surface area (Å²) in [6.07, 6.45) is 2.92. The summed E-state index contributed by atoms with van der Waals surface area (Å²) in [5.41, 5.74) is 1.76. The number of rotatable bonds is 4. The molecule has 3 nitrogen and oxygen atoms in total. The molecule has 2 aromatic rings. The van der Waals surface area contributed by atoms with Crippen LogP contribution >= 0.6 is 0 Å². The summed E-state index contributed by atoms with van der Waals surface area (Å²) < 4.78 is 0. The first-order valence-electron chi connectivity index (χ1n) is 6.40. The number of carbonyl (C=O) groups is 1. The maximum atomic E-state index is 12.2. The van der Waals surface area contributed by atoms with Gasteiger partial charge in [-0.2, -0.15) is 0 Å². The van der Waals surface area contributed by atoms with Crippen molar-refractivity contribution in [2.24, 2.45) is 5.92 Å². The van der Waals surface area contributed by atoms with Gasteiger partial charge in [0.1, 0.15) is 0 Å². The standard InChI is InChI=1S/C15H20N2O/c1-11(2)7-9-17(3)15(18)13-5-4-12-6-8-16-14(12)10-13/h4-6,8,10-11,16H,7,9H2,1-3H3. The van der Waals surface area contributed by atoms with Crippen LogP contribution in [0.15, 0.2) is 30.5 Å². The van der Waals surface area contributed by atoms with E-state index in [0.717, 1.165) is 29.4 Å². The molecule has 0 spiro atoms. The molecule has 0 unspecified atom stereocenters. The van der Waals surface area contributed by atoms with Gasteiger partial charge in [-0.1, -0.05) is 19.9 Å². The minimum Gasteiger partial charge on any atom is -0.361 e. The molecule has 0 bridgehead atoms. The van der Waals surface area contributed by atoms with E-state index in [4.69, 9.17) is 0 Å². The van der Waals surface area contributed by atoms with Crippen molar-refractivity contribution in [2.45, 2.75) is 20.3 Å². The molecule has 1 heterocycles. The molecule has 0 aliphatic heterocycles. The Morgan fingerprint density at radius 1 is 1.33 bits per heavy atom. The topological polar surface area (TPSA) is 36.1 Å². The third-order valence-corrected chi connectivity index (χ3v) is 3.19. The number of hydrogen-bond donors (Lipinski definition) is 1. The van der Waals surface area contributed by atoms with Gasteiger partial charge in [-0.3, -0.25) is 4.79 Å². The van der Waals surface area contributed by atoms with Gasteiger partial charge in [0.15, 0.2) is 0 Å². The highest BCUT2D eigenvalue weighted by molar-refractivity contribution is 5.97. The number of fused-ring (bicyclic) bond motifs is 1. The summed E-state index contributed by atoms with van der Waals surface area (Å²) in [6.45, 7) is 5.14. The maximum absolute atomic E-state index is 12.2. The van der Waals surface area contributed by atoms with E-state index < -0.39 is 0 Å². The van der Waals surface area contributed by atoms with Crippen LogP contribution in [0.2, 0.25) is 0 Å². The quantitative estimate of drug-likeness (QED) is 0.880. The van der Waals surface area contributed by atoms with Gasteiger partial charge in [-0.05, 0) is 35.9 Å². The number of nitrogens with zero attached hydrogens (tertiary/aromatic N) is 1. The van der Waals surface area contributed by atoms with Crippen LogP contribution in [0.4, 0.5) is 0 Å². The zero-order valence-electron chi connectivity index (χ0n) is 11.2. The third-order valence-electron chi connectivity index (χ3n) is 3.19. The SMILES string of the molecule is CC(C)CCN(C)C(=O)c1ccc2cc[nH]c2c1. The summed E-state index contributed by atoms with van der Waals surface area (Å²) in [6, 6.07) is 7.80. The Bertz CT molecular complexity index is 542. The number of aromatic nitrogens is 1. The molecule has 18 heavy (non-hydrogen) atoms. The molecule has 2 rings (SSSR count). The summed E-state index contributed by atoms with van der Waals surface area (Å²) in [4.78, 5) is 17.2. The van der Waals surface area contributed by atoms with Crippen molar-refractivity contribution < 1.29 is 4.79 Å². The molecule has 0 fully saturated rings. The fourth-order valence-electron chi connectivity index (χ4n) is 1.95. The smallest absolute Gasteiger partial charge is 0.253 e. The fourth-order valence-corrected chi connectivity index (χ4v) is 1.95. The van der Waals surface area contributed by atoms with E-state index in [1.165, 1.54) is 0 Å². The highest BCUT2D eigenvalue weighted by atomic mass is 16.2. The van der Waals surface area contributed by atoms with Gasteiger partial charge >= 0.3 is 0 Å². The summed E-state index contributed by atoms with van der Waals surface area (Å²) in [7, 11) is 1.86. The Kier molecular flexibility index (Phi) is 3.70. The van der Waals surface area contributed by atoms with Crippen LogP contribution in [0.3, 0.4) is 0 Å². The molecule has 1 N–H and O–H groups in total. The van der Waals surface area contributed by atoms with Crippen molar-refractivity contribution in [3.63, 3.8) is 0 Å². The van der Waals surface area contributed by atoms with Crippen LogP contribution in [-0.4, -0.2) is 29.4 Å². The number of amides is 1. The van der Waals surface area contributed by atoms with Crippen LogP contribution in [0.5, 0.6) is 0 Å². The molecule has 96 valence electrons. The van der Waals surface area contributed by atoms with Crippen LogP contribution in [0.1, 0.15) is 30.6 Å². The van der Waals surface area contributed by atoms with E-state index in [1.807, 2.05) is 37.5 Å². The normalized spacial score (nSPS) is 11.1. The Hall–Kier alpha value is -1.77. The lowest BCUT2D eigenvalue weighted by atomic mass is 10.1. The van der Waals surface area contributed by atoms with Crippen LogP contribution in [0.25, 0.3) is 10.9 Å². The largest absolute Gasteiger partial charge is 0.361 e. The van der Waals surface area contributed by atoms with Crippen molar-refractivity contribution in [3.8, 4) is 0 Å². The predicted octanol–water partition coefficient (Wildman–Crippen LogP) is 3.29. The minimum atomic E-state index is 0.0900. The van der Waals surface area contributed by atoms with Crippen molar-refractivity contribution in [2.75, 3.05) is 13.6 Å². The monoisotopic (exact) mass is 244 g/mol. The number of H-pyrrole nitrogens is 1. The van der Waals surface area contributed by atoms with Gasteiger partial charge in [-0.15, -0.1) is 0 Å². The van der Waals surface area contributed by atoms with Gasteiger partial charge in [-0.25, -0.2) is 0 Å². The lowest BCUT2D eigenvalue weighted by Crippen LogP contribution is -2.28. The number of benzene rings is 1. The number of carbonyl (C=O) groups excluding carboxylic acids is 1. The number of nitrogens with one attached hydrogen (secondary N) is 1. The van der Waals surface area contributed by atoms with Gasteiger partial charge in [0, 0.05) is 30.9 Å². The van der Waals surface area contributed by atoms with Gasteiger partial charge in [0.25, 0.3) is 5.91 Å². The van der Waals surface area contributed by atoms with Gasteiger partial charge < -0.3 is 9.88 Å². The van der Waals surface area contributed by atoms with Crippen LogP contribution in [-0.2, 0) is 0 Å². The van der Waals surface area contributed by atoms with Crippen LogP contribution < -0.4 is 0 Å². The molecular weight excluding hydrogens is 224 g/mol. The molecule has 1 aromatic heterocycles. The number of aromatic amines is 1. The first-order chi connectivity index (χ1) is 8.58. The second kappa shape index (κ2) is 5.25. The van der Waals surface area contributed by atoms with Gasteiger partial charge in [0.05, 0.1) is 0 Å². The molecule has 0 saturated carbocycles. The third kappa shape index (κ3) is 2.73. The molecule has 0 aliphatic carbocycles. The zero-order valence-corrected chi connectivity index (χ0v) is 11.2. The van der Waals surface area contributed by atoms with E-state index >= 15 is 0 Å². The Morgan fingerprint density at radius 2 is 2.11 bits per heavy atom. The predicted molar refractivity (Wildman–Crippen MR) is 74.7 cm³/mol. The molecule has 1 amide bonds. The van der Waals surface area contributed by atoms with E-state index in [0.29, 0.717) is 5.92 Å². The van der Waals surface area contributed by atoms with Crippen molar-refractivity contribution in [3.05, 3.63) is 36.0 Å². The Morgan fingerprint density at radius 3 is 2.83 bits per heavy atom. The van der Waals surface area contributed by atoms with Crippen molar-refractivity contribution in [1.29, 1.82) is 0 Å². The van der Waals surface area contributed by atoms with E-state index in [9.17, 15) is 4.79 Å². The Balaban J connectivity index is 2.12. The average molecular weight is 244 g/mol. The molecule has 1 aromatic carbocycles. The number of hydrogen-bond acceptors (Lipinski definition) is 1. The van der Waals surface area contributed by atoms with E-state index in [2.05, 4.69) is 18.8 Å². The molecular formula is C15H20N2O. The summed E-state index contributed by atoms with van der Waals surface area (Å²) in [5.74, 6) is 0.707.